The fourth-order valence-electron chi connectivity index (χ4n) is 2.39. The Hall–Kier alpha value is -2.95. The summed E-state index contributed by atoms with van der Waals surface area (Å²) in [5.41, 5.74) is 1.92. The molecule has 0 saturated heterocycles. The van der Waals surface area contributed by atoms with E-state index < -0.39 is 11.4 Å². The monoisotopic (exact) mass is 308 g/mol. The normalized spacial score (nSPS) is 10.7. The molecule has 0 N–H and O–H groups in total. The van der Waals surface area contributed by atoms with Crippen LogP contribution in [-0.2, 0) is 4.74 Å². The first kappa shape index (κ1) is 15.0. The summed E-state index contributed by atoms with van der Waals surface area (Å²) in [5.74, 6) is -0.705. The highest BCUT2D eigenvalue weighted by molar-refractivity contribution is 5.92. The zero-order chi connectivity index (χ0) is 16.4. The molecule has 0 aliphatic carbocycles. The standard InChI is InChI=1S/C18H16N2O3/c1-3-23-18(22)16-17(21)14-6-4-5-7-15(14)20(19-16)13-10-8-12(2)9-11-13/h4-11H,3H2,1-2H3. The first-order valence-electron chi connectivity index (χ1n) is 7.38. The van der Waals surface area contributed by atoms with Crippen LogP contribution in [0.5, 0.6) is 0 Å². The Balaban J connectivity index is 2.32. The zero-order valence-electron chi connectivity index (χ0n) is 12.9. The lowest BCUT2D eigenvalue weighted by Gasteiger charge is -2.12. The summed E-state index contributed by atoms with van der Waals surface area (Å²) >= 11 is 0. The van der Waals surface area contributed by atoms with Gasteiger partial charge in [0.25, 0.3) is 0 Å². The predicted molar refractivity (Wildman–Crippen MR) is 88.0 cm³/mol. The fourth-order valence-corrected chi connectivity index (χ4v) is 2.39. The van der Waals surface area contributed by atoms with Crippen molar-refractivity contribution in [3.63, 3.8) is 0 Å². The Morgan fingerprint density at radius 2 is 1.83 bits per heavy atom. The number of ether oxygens (including phenoxy) is 1. The van der Waals surface area contributed by atoms with Gasteiger partial charge >= 0.3 is 5.97 Å². The molecule has 0 spiro atoms. The third-order valence-corrected chi connectivity index (χ3v) is 3.54. The van der Waals surface area contributed by atoms with Crippen LogP contribution in [0.25, 0.3) is 16.6 Å². The van der Waals surface area contributed by atoms with E-state index >= 15 is 0 Å². The molecule has 0 saturated carbocycles. The number of rotatable bonds is 3. The van der Waals surface area contributed by atoms with E-state index in [9.17, 15) is 9.59 Å². The SMILES string of the molecule is CCOC(=O)c1nn(-c2ccc(C)cc2)c2ccccc2c1=O. The van der Waals surface area contributed by atoms with E-state index in [1.807, 2.05) is 37.3 Å². The van der Waals surface area contributed by atoms with Gasteiger partial charge in [-0.25, -0.2) is 9.48 Å². The average Bonchev–Trinajstić information content (AvgIpc) is 2.57. The smallest absolute Gasteiger partial charge is 0.362 e. The Bertz CT molecular complexity index is 927. The van der Waals surface area contributed by atoms with Crippen LogP contribution in [0.4, 0.5) is 0 Å². The van der Waals surface area contributed by atoms with Gasteiger partial charge in [-0.15, -0.1) is 0 Å². The number of aromatic nitrogens is 2. The van der Waals surface area contributed by atoms with E-state index in [2.05, 4.69) is 5.10 Å². The number of esters is 1. The van der Waals surface area contributed by atoms with E-state index in [1.165, 1.54) is 0 Å². The van der Waals surface area contributed by atoms with Crippen molar-refractivity contribution in [1.82, 2.24) is 9.78 Å². The maximum Gasteiger partial charge on any atom is 0.362 e. The van der Waals surface area contributed by atoms with Crippen LogP contribution >= 0.6 is 0 Å². The topological polar surface area (TPSA) is 61.2 Å². The molecule has 116 valence electrons. The number of para-hydroxylation sites is 1. The van der Waals surface area contributed by atoms with Gasteiger partial charge in [-0.2, -0.15) is 5.10 Å². The van der Waals surface area contributed by atoms with Crippen molar-refractivity contribution in [1.29, 1.82) is 0 Å². The molecule has 1 heterocycles. The number of hydrogen-bond donors (Lipinski definition) is 0. The lowest BCUT2D eigenvalue weighted by Crippen LogP contribution is -2.24. The molecule has 2 aromatic carbocycles. The van der Waals surface area contributed by atoms with Gasteiger partial charge in [0, 0.05) is 0 Å². The summed E-state index contributed by atoms with van der Waals surface area (Å²) in [4.78, 5) is 24.6. The third kappa shape index (κ3) is 2.73. The van der Waals surface area contributed by atoms with Gasteiger partial charge in [0.1, 0.15) is 0 Å². The number of fused-ring (bicyclic) bond motifs is 1. The van der Waals surface area contributed by atoms with Gasteiger partial charge in [-0.3, -0.25) is 4.79 Å². The van der Waals surface area contributed by atoms with Gasteiger partial charge < -0.3 is 4.74 Å². The quantitative estimate of drug-likeness (QED) is 0.698. The lowest BCUT2D eigenvalue weighted by atomic mass is 10.1. The van der Waals surface area contributed by atoms with Crippen LogP contribution in [-0.4, -0.2) is 22.4 Å². The van der Waals surface area contributed by atoms with Crippen molar-refractivity contribution in [2.24, 2.45) is 0 Å². The molecular formula is C18H16N2O3. The number of benzene rings is 2. The molecule has 0 aliphatic heterocycles. The van der Waals surface area contributed by atoms with Gasteiger partial charge in [0.2, 0.25) is 11.1 Å². The van der Waals surface area contributed by atoms with Crippen molar-refractivity contribution in [2.45, 2.75) is 13.8 Å². The molecule has 0 amide bonds. The predicted octanol–water partition coefficient (Wildman–Crippen LogP) is 2.87. The number of carbonyl (C=O) groups is 1. The second-order valence-electron chi connectivity index (χ2n) is 5.16. The highest BCUT2D eigenvalue weighted by atomic mass is 16.5. The molecule has 1 aromatic heterocycles. The Labute approximate surface area is 133 Å². The second kappa shape index (κ2) is 6.04. The summed E-state index contributed by atoms with van der Waals surface area (Å²) in [7, 11) is 0. The minimum Gasteiger partial charge on any atom is -0.461 e. The van der Waals surface area contributed by atoms with Crippen LogP contribution in [0.1, 0.15) is 23.0 Å². The third-order valence-electron chi connectivity index (χ3n) is 3.54. The summed E-state index contributed by atoms with van der Waals surface area (Å²) in [6.45, 7) is 3.87. The average molecular weight is 308 g/mol. The Kier molecular flexibility index (Phi) is 3.93. The molecule has 0 atom stereocenters. The molecule has 5 nitrogen and oxygen atoms in total. The van der Waals surface area contributed by atoms with Crippen LogP contribution in [0.2, 0.25) is 0 Å². The van der Waals surface area contributed by atoms with Gasteiger partial charge in [-0.05, 0) is 38.1 Å². The molecule has 3 rings (SSSR count). The number of hydrogen-bond acceptors (Lipinski definition) is 4. The van der Waals surface area contributed by atoms with Gasteiger partial charge in [0.05, 0.1) is 23.2 Å². The molecule has 3 aromatic rings. The van der Waals surface area contributed by atoms with Crippen molar-refractivity contribution in [3.8, 4) is 5.69 Å². The Morgan fingerprint density at radius 3 is 2.52 bits per heavy atom. The Morgan fingerprint density at radius 1 is 1.13 bits per heavy atom. The van der Waals surface area contributed by atoms with Crippen molar-refractivity contribution >= 4 is 16.9 Å². The van der Waals surface area contributed by atoms with Crippen molar-refractivity contribution < 1.29 is 9.53 Å². The van der Waals surface area contributed by atoms with E-state index in [1.54, 1.807) is 29.8 Å². The van der Waals surface area contributed by atoms with Gasteiger partial charge in [0.15, 0.2) is 0 Å². The summed E-state index contributed by atoms with van der Waals surface area (Å²) in [6, 6.07) is 14.8. The van der Waals surface area contributed by atoms with Crippen LogP contribution in [0, 0.1) is 6.92 Å². The van der Waals surface area contributed by atoms with E-state index in [-0.39, 0.29) is 12.3 Å². The summed E-state index contributed by atoms with van der Waals surface area (Å²) in [5, 5.41) is 4.68. The maximum absolute atomic E-state index is 12.5. The number of aryl methyl sites for hydroxylation is 1. The molecule has 0 aliphatic rings. The van der Waals surface area contributed by atoms with Gasteiger partial charge in [-0.1, -0.05) is 29.8 Å². The summed E-state index contributed by atoms with van der Waals surface area (Å²) in [6.07, 6.45) is 0. The first-order valence-corrected chi connectivity index (χ1v) is 7.38. The van der Waals surface area contributed by atoms with E-state index in [0.29, 0.717) is 10.9 Å². The fraction of sp³-hybridized carbons (Fsp3) is 0.167. The highest BCUT2D eigenvalue weighted by Gasteiger charge is 2.18. The van der Waals surface area contributed by atoms with E-state index in [4.69, 9.17) is 4.74 Å². The molecule has 23 heavy (non-hydrogen) atoms. The minimum absolute atomic E-state index is 0.192. The zero-order valence-corrected chi connectivity index (χ0v) is 12.9. The molecule has 0 unspecified atom stereocenters. The van der Waals surface area contributed by atoms with Crippen molar-refractivity contribution in [3.05, 3.63) is 70.0 Å². The van der Waals surface area contributed by atoms with Crippen LogP contribution < -0.4 is 5.43 Å². The number of carbonyl (C=O) groups excluding carboxylic acids is 1. The van der Waals surface area contributed by atoms with Crippen molar-refractivity contribution in [2.75, 3.05) is 6.61 Å². The molecular weight excluding hydrogens is 292 g/mol. The van der Waals surface area contributed by atoms with E-state index in [0.717, 1.165) is 11.3 Å². The highest BCUT2D eigenvalue weighted by Crippen LogP contribution is 2.16. The van der Waals surface area contributed by atoms with Crippen LogP contribution in [0.15, 0.2) is 53.3 Å². The lowest BCUT2D eigenvalue weighted by molar-refractivity contribution is 0.0516. The largest absolute Gasteiger partial charge is 0.461 e. The number of nitrogens with zero attached hydrogens (tertiary/aromatic N) is 2. The summed E-state index contributed by atoms with van der Waals surface area (Å²) < 4.78 is 6.55. The second-order valence-corrected chi connectivity index (χ2v) is 5.16. The molecule has 0 radical (unpaired) electrons. The minimum atomic E-state index is -0.705. The molecule has 5 heteroatoms. The maximum atomic E-state index is 12.5. The first-order chi connectivity index (χ1) is 11.1. The molecule has 0 fully saturated rings. The molecule has 0 bridgehead atoms. The van der Waals surface area contributed by atoms with Crippen LogP contribution in [0.3, 0.4) is 0 Å².